The molecule has 0 radical (unpaired) electrons. The summed E-state index contributed by atoms with van der Waals surface area (Å²) in [4.78, 5) is 12.8. The number of carbonyl (C=O) groups excluding carboxylic acids is 1. The van der Waals surface area contributed by atoms with Crippen LogP contribution in [0, 0.1) is 35.5 Å². The van der Waals surface area contributed by atoms with Crippen LogP contribution in [0.3, 0.4) is 0 Å². The fourth-order valence-corrected chi connectivity index (χ4v) is 6.73. The second-order valence-electron chi connectivity index (χ2n) is 10.7. The van der Waals surface area contributed by atoms with E-state index in [2.05, 4.69) is 20.4 Å². The molecule has 1 nitrogen and oxygen atoms in total. The molecule has 5 unspecified atom stereocenters. The van der Waals surface area contributed by atoms with Crippen molar-refractivity contribution in [1.82, 2.24) is 0 Å². The average Bonchev–Trinajstić information content (AvgIpc) is 2.72. The number of hydrogen-bond donors (Lipinski definition) is 0. The van der Waals surface area contributed by atoms with Gasteiger partial charge in [0.15, 0.2) is 0 Å². The zero-order valence-corrected chi connectivity index (χ0v) is 18.9. The van der Waals surface area contributed by atoms with E-state index >= 15 is 0 Å². The molecule has 0 aliphatic heterocycles. The zero-order chi connectivity index (χ0) is 19.9. The van der Waals surface area contributed by atoms with Gasteiger partial charge in [-0.1, -0.05) is 83.8 Å². The minimum Gasteiger partial charge on any atom is -0.299 e. The summed E-state index contributed by atoms with van der Waals surface area (Å²) in [5.74, 6) is 4.87. The summed E-state index contributed by atoms with van der Waals surface area (Å²) in [6.07, 6.45) is 21.3. The Labute approximate surface area is 175 Å². The molecule has 0 aromatic rings. The van der Waals surface area contributed by atoms with Gasteiger partial charge >= 0.3 is 0 Å². The number of fused-ring (bicyclic) bond motifs is 1. The van der Waals surface area contributed by atoms with E-state index in [4.69, 9.17) is 0 Å². The molecular weight excluding hydrogens is 340 g/mol. The van der Waals surface area contributed by atoms with Gasteiger partial charge in [0.1, 0.15) is 5.78 Å². The molecular formula is C27H46O. The van der Waals surface area contributed by atoms with Crippen LogP contribution in [0.15, 0.2) is 12.2 Å². The van der Waals surface area contributed by atoms with E-state index in [9.17, 15) is 4.79 Å². The van der Waals surface area contributed by atoms with Crippen LogP contribution in [0.2, 0.25) is 0 Å². The molecule has 3 aliphatic carbocycles. The highest BCUT2D eigenvalue weighted by Crippen LogP contribution is 2.42. The topological polar surface area (TPSA) is 17.1 Å². The van der Waals surface area contributed by atoms with E-state index in [-0.39, 0.29) is 5.92 Å². The molecule has 5 atom stereocenters. The first-order chi connectivity index (χ1) is 13.6. The van der Waals surface area contributed by atoms with Crippen molar-refractivity contribution in [2.45, 2.75) is 117 Å². The Morgan fingerprint density at radius 3 is 1.93 bits per heavy atom. The van der Waals surface area contributed by atoms with Crippen LogP contribution in [0.4, 0.5) is 0 Å². The van der Waals surface area contributed by atoms with E-state index in [1.54, 1.807) is 0 Å². The Morgan fingerprint density at radius 1 is 0.679 bits per heavy atom. The van der Waals surface area contributed by atoms with Gasteiger partial charge in [-0.15, -0.1) is 0 Å². The summed E-state index contributed by atoms with van der Waals surface area (Å²) in [7, 11) is 0. The van der Waals surface area contributed by atoms with Gasteiger partial charge in [0, 0.05) is 12.3 Å². The molecule has 0 N–H and O–H groups in total. The average molecular weight is 387 g/mol. The molecule has 0 saturated heterocycles. The van der Waals surface area contributed by atoms with Crippen LogP contribution in [-0.4, -0.2) is 5.78 Å². The Kier molecular flexibility index (Phi) is 8.67. The van der Waals surface area contributed by atoms with E-state index in [0.29, 0.717) is 17.6 Å². The Morgan fingerprint density at radius 2 is 1.21 bits per heavy atom. The summed E-state index contributed by atoms with van der Waals surface area (Å²) in [6, 6.07) is 0. The van der Waals surface area contributed by atoms with Gasteiger partial charge < -0.3 is 0 Å². The molecule has 0 aromatic carbocycles. The first-order valence-corrected chi connectivity index (χ1v) is 12.8. The molecule has 0 heterocycles. The predicted molar refractivity (Wildman–Crippen MR) is 120 cm³/mol. The smallest absolute Gasteiger partial charge is 0.136 e. The second-order valence-corrected chi connectivity index (χ2v) is 10.7. The van der Waals surface area contributed by atoms with Crippen molar-refractivity contribution in [2.75, 3.05) is 0 Å². The lowest BCUT2D eigenvalue weighted by Gasteiger charge is -2.37. The van der Waals surface area contributed by atoms with Gasteiger partial charge in [0.25, 0.3) is 0 Å². The van der Waals surface area contributed by atoms with Crippen LogP contribution in [-0.2, 0) is 4.79 Å². The lowest BCUT2D eigenvalue weighted by Crippen LogP contribution is -2.25. The fourth-order valence-electron chi connectivity index (χ4n) is 6.73. The predicted octanol–water partition coefficient (Wildman–Crippen LogP) is 8.13. The molecule has 0 amide bonds. The van der Waals surface area contributed by atoms with Gasteiger partial charge in [-0.05, 0) is 68.1 Å². The monoisotopic (exact) mass is 386 g/mol. The normalized spacial score (nSPS) is 31.9. The molecule has 160 valence electrons. The third kappa shape index (κ3) is 5.96. The van der Waals surface area contributed by atoms with Crippen molar-refractivity contribution in [3.63, 3.8) is 0 Å². The highest BCUT2D eigenvalue weighted by Gasteiger charge is 2.30. The third-order valence-corrected chi connectivity index (χ3v) is 9.03. The Hall–Kier alpha value is -0.590. The highest BCUT2D eigenvalue weighted by atomic mass is 16.1. The standard InChI is InChI=1S/C27H46O/c1-20(16-19-27(28)22(3)23-10-5-4-6-11-23)21(2)24-14-9-15-25-12-7-8-13-26(25)18-17-24/h21-26H,1,4-19H2,2-3H3. The third-order valence-electron chi connectivity index (χ3n) is 9.03. The number of ketones is 1. The van der Waals surface area contributed by atoms with E-state index < -0.39 is 0 Å². The minimum absolute atomic E-state index is 0.271. The second kappa shape index (κ2) is 11.0. The molecule has 0 aromatic heterocycles. The van der Waals surface area contributed by atoms with E-state index in [1.165, 1.54) is 95.5 Å². The highest BCUT2D eigenvalue weighted by molar-refractivity contribution is 5.81. The zero-order valence-electron chi connectivity index (χ0n) is 18.9. The molecule has 0 bridgehead atoms. The van der Waals surface area contributed by atoms with Gasteiger partial charge in [-0.2, -0.15) is 0 Å². The molecule has 3 aliphatic rings. The molecule has 28 heavy (non-hydrogen) atoms. The van der Waals surface area contributed by atoms with Crippen LogP contribution in [0.25, 0.3) is 0 Å². The number of hydrogen-bond acceptors (Lipinski definition) is 1. The largest absolute Gasteiger partial charge is 0.299 e. The van der Waals surface area contributed by atoms with Crippen LogP contribution >= 0.6 is 0 Å². The Bertz CT molecular complexity index is 500. The molecule has 1 heteroatoms. The molecule has 3 fully saturated rings. The number of Topliss-reactive ketones (excluding diaryl/α,β-unsaturated/α-hetero) is 1. The lowest BCUT2D eigenvalue weighted by molar-refractivity contribution is -0.124. The summed E-state index contributed by atoms with van der Waals surface area (Å²) in [5.41, 5.74) is 1.36. The minimum atomic E-state index is 0.271. The molecule has 3 saturated carbocycles. The summed E-state index contributed by atoms with van der Waals surface area (Å²) in [5, 5.41) is 0. The summed E-state index contributed by atoms with van der Waals surface area (Å²) < 4.78 is 0. The number of rotatable bonds is 7. The van der Waals surface area contributed by atoms with Gasteiger partial charge in [0.05, 0.1) is 0 Å². The van der Waals surface area contributed by atoms with E-state index in [1.807, 2.05) is 0 Å². The Balaban J connectivity index is 1.43. The quantitative estimate of drug-likeness (QED) is 0.404. The molecule has 3 rings (SSSR count). The number of allylic oxidation sites excluding steroid dienone is 1. The van der Waals surface area contributed by atoms with E-state index in [0.717, 1.165) is 30.6 Å². The first-order valence-electron chi connectivity index (χ1n) is 12.8. The van der Waals surface area contributed by atoms with Crippen LogP contribution in [0.1, 0.15) is 117 Å². The summed E-state index contributed by atoms with van der Waals surface area (Å²) >= 11 is 0. The van der Waals surface area contributed by atoms with Gasteiger partial charge in [-0.3, -0.25) is 4.79 Å². The van der Waals surface area contributed by atoms with Gasteiger partial charge in [-0.25, -0.2) is 0 Å². The van der Waals surface area contributed by atoms with Crippen LogP contribution < -0.4 is 0 Å². The maximum Gasteiger partial charge on any atom is 0.136 e. The number of carbonyl (C=O) groups is 1. The van der Waals surface area contributed by atoms with Crippen LogP contribution in [0.5, 0.6) is 0 Å². The van der Waals surface area contributed by atoms with Gasteiger partial charge in [0.2, 0.25) is 0 Å². The lowest BCUT2D eigenvalue weighted by atomic mass is 9.69. The van der Waals surface area contributed by atoms with Crippen molar-refractivity contribution >= 4 is 5.78 Å². The fraction of sp³-hybridized carbons (Fsp3) is 0.889. The summed E-state index contributed by atoms with van der Waals surface area (Å²) in [6.45, 7) is 9.06. The maximum atomic E-state index is 12.8. The maximum absolute atomic E-state index is 12.8. The first kappa shape index (κ1) is 22.1. The van der Waals surface area contributed by atoms with Crippen molar-refractivity contribution in [3.8, 4) is 0 Å². The molecule has 0 spiro atoms. The van der Waals surface area contributed by atoms with Crippen molar-refractivity contribution in [1.29, 1.82) is 0 Å². The van der Waals surface area contributed by atoms with Crippen molar-refractivity contribution in [3.05, 3.63) is 12.2 Å². The van der Waals surface area contributed by atoms with Crippen molar-refractivity contribution < 1.29 is 4.79 Å². The SMILES string of the molecule is C=C(CCC(=O)C(C)C1CCCCC1)C(C)C1CCCC2CCCCC2CC1. The van der Waals surface area contributed by atoms with Crippen molar-refractivity contribution in [2.24, 2.45) is 35.5 Å².